The Morgan fingerprint density at radius 1 is 1.59 bits per heavy atom. The maximum absolute atomic E-state index is 10.7. The van der Waals surface area contributed by atoms with Gasteiger partial charge in [-0.15, -0.1) is 0 Å². The van der Waals surface area contributed by atoms with Crippen molar-refractivity contribution in [2.45, 2.75) is 13.8 Å². The number of hydrogen-bond donors (Lipinski definition) is 1. The molecule has 0 aliphatic carbocycles. The fourth-order valence-corrected chi connectivity index (χ4v) is 1.60. The normalized spacial score (nSPS) is 11.6. The van der Waals surface area contributed by atoms with Gasteiger partial charge in [-0.25, -0.2) is 0 Å². The number of hydrogen-bond acceptors (Lipinski definition) is 3. The third-order valence-corrected chi connectivity index (χ3v) is 2.55. The number of nitrogens with zero attached hydrogens (tertiary/aromatic N) is 1. The number of halogens is 1. The van der Waals surface area contributed by atoms with Crippen molar-refractivity contribution in [2.24, 2.45) is 0 Å². The Morgan fingerprint density at radius 2 is 2.29 bits per heavy atom. The summed E-state index contributed by atoms with van der Waals surface area (Å²) in [5.74, 6) is 0. The van der Waals surface area contributed by atoms with Crippen molar-refractivity contribution in [1.82, 2.24) is 5.32 Å². The van der Waals surface area contributed by atoms with Crippen molar-refractivity contribution < 1.29 is 4.92 Å². The zero-order valence-corrected chi connectivity index (χ0v) is 10.6. The second kappa shape index (κ2) is 6.37. The van der Waals surface area contributed by atoms with Crippen molar-refractivity contribution in [3.63, 3.8) is 0 Å². The van der Waals surface area contributed by atoms with E-state index in [9.17, 15) is 10.1 Å². The molecule has 1 aromatic carbocycles. The molecule has 4 nitrogen and oxygen atoms in total. The molecule has 1 rings (SSSR count). The predicted molar refractivity (Wildman–Crippen MR) is 70.3 cm³/mol. The van der Waals surface area contributed by atoms with E-state index in [0.717, 1.165) is 24.2 Å². The second-order valence-electron chi connectivity index (χ2n) is 3.74. The summed E-state index contributed by atoms with van der Waals surface area (Å²) in [5.41, 5.74) is 1.84. The van der Waals surface area contributed by atoms with Gasteiger partial charge < -0.3 is 5.32 Å². The van der Waals surface area contributed by atoms with Gasteiger partial charge in [0.05, 0.1) is 4.92 Å². The molecule has 0 amide bonds. The zero-order valence-electron chi connectivity index (χ0n) is 9.87. The Morgan fingerprint density at radius 3 is 2.88 bits per heavy atom. The summed E-state index contributed by atoms with van der Waals surface area (Å²) in [6.45, 7) is 5.67. The van der Waals surface area contributed by atoms with Crippen LogP contribution in [0, 0.1) is 10.1 Å². The fraction of sp³-hybridized carbons (Fsp3) is 0.333. The lowest BCUT2D eigenvalue weighted by molar-refractivity contribution is -0.384. The number of nitrogens with one attached hydrogen (secondary N) is 1. The van der Waals surface area contributed by atoms with E-state index < -0.39 is 4.92 Å². The van der Waals surface area contributed by atoms with Gasteiger partial charge in [-0.1, -0.05) is 36.2 Å². The van der Waals surface area contributed by atoms with Gasteiger partial charge in [-0.3, -0.25) is 10.1 Å². The molecule has 0 heterocycles. The number of likely N-dealkylation sites (N-methyl/N-ethyl adjacent to an activating group) is 1. The highest BCUT2D eigenvalue weighted by Gasteiger charge is 2.11. The van der Waals surface area contributed by atoms with Gasteiger partial charge in [-0.05, 0) is 25.1 Å². The third kappa shape index (κ3) is 4.17. The van der Waals surface area contributed by atoms with E-state index in [2.05, 4.69) is 5.32 Å². The Hall–Kier alpha value is -1.39. The lowest BCUT2D eigenvalue weighted by atomic mass is 10.1. The molecule has 92 valence electrons. The molecular formula is C12H15ClN2O2. The Balaban J connectivity index is 2.92. The van der Waals surface area contributed by atoms with Crippen molar-refractivity contribution in [3.8, 4) is 0 Å². The highest BCUT2D eigenvalue weighted by Crippen LogP contribution is 2.25. The van der Waals surface area contributed by atoms with Gasteiger partial charge in [0.2, 0.25) is 0 Å². The molecule has 0 aromatic heterocycles. The lowest BCUT2D eigenvalue weighted by Crippen LogP contribution is -2.14. The average molecular weight is 255 g/mol. The van der Waals surface area contributed by atoms with E-state index in [1.165, 1.54) is 6.07 Å². The number of benzene rings is 1. The number of nitro benzene ring substituents is 1. The van der Waals surface area contributed by atoms with Crippen molar-refractivity contribution >= 4 is 23.4 Å². The van der Waals surface area contributed by atoms with Crippen molar-refractivity contribution in [2.75, 3.05) is 13.1 Å². The van der Waals surface area contributed by atoms with Crippen molar-refractivity contribution in [1.29, 1.82) is 0 Å². The van der Waals surface area contributed by atoms with Crippen LogP contribution in [-0.4, -0.2) is 18.0 Å². The Labute approximate surface area is 105 Å². The van der Waals surface area contributed by atoms with Crippen LogP contribution in [0.2, 0.25) is 5.02 Å². The number of nitro groups is 1. The molecule has 5 heteroatoms. The zero-order chi connectivity index (χ0) is 12.8. The quantitative estimate of drug-likeness (QED) is 0.648. The minimum absolute atomic E-state index is 0.0586. The van der Waals surface area contributed by atoms with E-state index >= 15 is 0 Å². The van der Waals surface area contributed by atoms with Gasteiger partial charge in [0.15, 0.2) is 0 Å². The largest absolute Gasteiger partial charge is 0.313 e. The summed E-state index contributed by atoms with van der Waals surface area (Å²) in [6, 6.07) is 4.80. The second-order valence-corrected chi connectivity index (χ2v) is 4.15. The molecule has 17 heavy (non-hydrogen) atoms. The van der Waals surface area contributed by atoms with Gasteiger partial charge in [0.1, 0.15) is 5.02 Å². The summed E-state index contributed by atoms with van der Waals surface area (Å²) in [5, 5.41) is 14.1. The first kappa shape index (κ1) is 13.7. The molecule has 0 atom stereocenters. The fourth-order valence-electron chi connectivity index (χ4n) is 1.42. The first-order valence-electron chi connectivity index (χ1n) is 5.36. The summed E-state index contributed by atoms with van der Waals surface area (Å²) in [4.78, 5) is 10.2. The van der Waals surface area contributed by atoms with Gasteiger partial charge in [0.25, 0.3) is 5.69 Å². The summed E-state index contributed by atoms with van der Waals surface area (Å²) < 4.78 is 0. The molecule has 0 aliphatic rings. The molecule has 1 N–H and O–H groups in total. The van der Waals surface area contributed by atoms with Crippen LogP contribution in [0.25, 0.3) is 6.08 Å². The van der Waals surface area contributed by atoms with Crippen LogP contribution in [0.1, 0.15) is 19.4 Å². The average Bonchev–Trinajstić information content (AvgIpc) is 2.28. The highest BCUT2D eigenvalue weighted by molar-refractivity contribution is 6.32. The molecule has 0 bridgehead atoms. The first-order valence-corrected chi connectivity index (χ1v) is 5.74. The molecule has 1 aromatic rings. The van der Waals surface area contributed by atoms with Gasteiger partial charge in [-0.2, -0.15) is 0 Å². The monoisotopic (exact) mass is 254 g/mol. The molecular weight excluding hydrogens is 240 g/mol. The van der Waals surface area contributed by atoms with Gasteiger partial charge >= 0.3 is 0 Å². The maximum atomic E-state index is 10.7. The van der Waals surface area contributed by atoms with Crippen LogP contribution in [0.4, 0.5) is 5.69 Å². The smallest absolute Gasteiger partial charge is 0.288 e. The lowest BCUT2D eigenvalue weighted by Gasteiger charge is -2.02. The van der Waals surface area contributed by atoms with Crippen LogP contribution in [-0.2, 0) is 0 Å². The third-order valence-electron chi connectivity index (χ3n) is 2.23. The van der Waals surface area contributed by atoms with E-state index in [-0.39, 0.29) is 10.7 Å². The van der Waals surface area contributed by atoms with Crippen LogP contribution in [0.15, 0.2) is 23.8 Å². The van der Waals surface area contributed by atoms with Crippen molar-refractivity contribution in [3.05, 3.63) is 44.5 Å². The van der Waals surface area contributed by atoms with Gasteiger partial charge in [0, 0.05) is 12.6 Å². The minimum Gasteiger partial charge on any atom is -0.313 e. The number of rotatable bonds is 5. The molecule has 0 saturated heterocycles. The van der Waals surface area contributed by atoms with Crippen LogP contribution in [0.3, 0.4) is 0 Å². The predicted octanol–water partition coefficient (Wildman–Crippen LogP) is 3.26. The van der Waals surface area contributed by atoms with E-state index in [0.29, 0.717) is 0 Å². The molecule has 0 spiro atoms. The van der Waals surface area contributed by atoms with E-state index in [1.807, 2.05) is 19.9 Å². The minimum atomic E-state index is -0.473. The topological polar surface area (TPSA) is 55.2 Å². The van der Waals surface area contributed by atoms with E-state index in [1.54, 1.807) is 12.1 Å². The summed E-state index contributed by atoms with van der Waals surface area (Å²) >= 11 is 5.74. The first-order chi connectivity index (χ1) is 8.04. The van der Waals surface area contributed by atoms with Crippen LogP contribution >= 0.6 is 11.6 Å². The SMILES string of the molecule is CCNCC(C)=Cc1ccc(Cl)c([N+](=O)[O-])c1. The highest BCUT2D eigenvalue weighted by atomic mass is 35.5. The molecule has 0 saturated carbocycles. The molecule has 0 fully saturated rings. The standard InChI is InChI=1S/C12H15ClN2O2/c1-3-14-8-9(2)6-10-4-5-11(13)12(7-10)15(16)17/h4-7,14H,3,8H2,1-2H3. The maximum Gasteiger partial charge on any atom is 0.288 e. The van der Waals surface area contributed by atoms with Crippen LogP contribution < -0.4 is 5.32 Å². The summed E-state index contributed by atoms with van der Waals surface area (Å²) in [7, 11) is 0. The molecule has 0 unspecified atom stereocenters. The van der Waals surface area contributed by atoms with Crippen LogP contribution in [0.5, 0.6) is 0 Å². The molecule has 0 aliphatic heterocycles. The Kier molecular flexibility index (Phi) is 5.12. The Bertz CT molecular complexity index is 444. The van der Waals surface area contributed by atoms with E-state index in [4.69, 9.17) is 11.6 Å². The molecule has 0 radical (unpaired) electrons. The summed E-state index contributed by atoms with van der Waals surface area (Å²) in [6.07, 6.45) is 1.91.